The third-order valence-corrected chi connectivity index (χ3v) is 4.12. The molecule has 128 valence electrons. The number of aryl methyl sites for hydroxylation is 1. The Bertz CT molecular complexity index is 668. The Balaban J connectivity index is 2.36. The van der Waals surface area contributed by atoms with E-state index in [1.807, 2.05) is 42.5 Å². The highest BCUT2D eigenvalue weighted by atomic mass is 16.6. The van der Waals surface area contributed by atoms with Crippen molar-refractivity contribution in [1.29, 1.82) is 0 Å². The average molecular weight is 327 g/mol. The number of hydrogen-bond acceptors (Lipinski definition) is 3. The van der Waals surface area contributed by atoms with Crippen LogP contribution in [0.2, 0.25) is 0 Å². The average Bonchev–Trinajstić information content (AvgIpc) is 2.57. The Morgan fingerprint density at radius 1 is 1.12 bits per heavy atom. The highest BCUT2D eigenvalue weighted by Gasteiger charge is 2.15. The molecule has 0 aromatic heterocycles. The Morgan fingerprint density at radius 3 is 2.50 bits per heavy atom. The lowest BCUT2D eigenvalue weighted by molar-refractivity contribution is -0.136. The highest BCUT2D eigenvalue weighted by molar-refractivity contribution is 5.71. The molecular weight excluding hydrogens is 302 g/mol. The first kappa shape index (κ1) is 18.0. The second kappa shape index (κ2) is 9.08. The molecule has 0 spiro atoms. The molecule has 0 radical (unpaired) electrons. The fourth-order valence-corrected chi connectivity index (χ4v) is 2.92. The molecule has 2 aromatic rings. The van der Waals surface area contributed by atoms with Crippen molar-refractivity contribution in [2.75, 3.05) is 0 Å². The van der Waals surface area contributed by atoms with Crippen molar-refractivity contribution in [2.45, 2.75) is 45.4 Å². The van der Waals surface area contributed by atoms with Gasteiger partial charge in [0.1, 0.15) is 0 Å². The predicted octanol–water partition coefficient (Wildman–Crippen LogP) is 3.89. The molecule has 0 heterocycles. The molecule has 2 rings (SSSR count). The van der Waals surface area contributed by atoms with Crippen LogP contribution in [0.5, 0.6) is 5.75 Å². The molecule has 4 nitrogen and oxygen atoms in total. The van der Waals surface area contributed by atoms with Crippen LogP contribution in [0.4, 0.5) is 0 Å². The van der Waals surface area contributed by atoms with E-state index in [0.717, 1.165) is 47.9 Å². The summed E-state index contributed by atoms with van der Waals surface area (Å²) in [5, 5.41) is 9.25. The number of unbranched alkanes of at least 4 members (excludes halogenated alkanes) is 2. The van der Waals surface area contributed by atoms with Gasteiger partial charge in [-0.05, 0) is 35.6 Å². The number of rotatable bonds is 9. The second-order valence-electron chi connectivity index (χ2n) is 6.04. The minimum absolute atomic E-state index is 0.0276. The highest BCUT2D eigenvalue weighted by Crippen LogP contribution is 2.28. The number of carbonyl (C=O) groups is 1. The molecule has 0 aliphatic carbocycles. The van der Waals surface area contributed by atoms with Crippen molar-refractivity contribution >= 4 is 5.97 Å². The van der Waals surface area contributed by atoms with Gasteiger partial charge in [0, 0.05) is 12.0 Å². The summed E-state index contributed by atoms with van der Waals surface area (Å²) >= 11 is 0. The molecule has 24 heavy (non-hydrogen) atoms. The molecule has 0 aliphatic heterocycles. The first-order chi connectivity index (χ1) is 11.6. The Kier molecular flexibility index (Phi) is 6.82. The SMILES string of the molecule is CCCCCc1cc(CC(=O)O)c(Cc2ccccc2)c(ON)c1. The largest absolute Gasteiger partial charge is 0.481 e. The van der Waals surface area contributed by atoms with Crippen LogP contribution >= 0.6 is 0 Å². The summed E-state index contributed by atoms with van der Waals surface area (Å²) in [4.78, 5) is 16.4. The van der Waals surface area contributed by atoms with E-state index < -0.39 is 5.97 Å². The molecule has 4 heteroatoms. The zero-order valence-electron chi connectivity index (χ0n) is 14.1. The monoisotopic (exact) mass is 327 g/mol. The van der Waals surface area contributed by atoms with Crippen molar-refractivity contribution < 1.29 is 14.7 Å². The van der Waals surface area contributed by atoms with Gasteiger partial charge in [0.05, 0.1) is 6.42 Å². The molecule has 3 N–H and O–H groups in total. The fraction of sp³-hybridized carbons (Fsp3) is 0.350. The van der Waals surface area contributed by atoms with Gasteiger partial charge in [-0.1, -0.05) is 56.2 Å². The molecule has 0 saturated carbocycles. The molecule has 0 amide bonds. The maximum absolute atomic E-state index is 11.3. The second-order valence-corrected chi connectivity index (χ2v) is 6.04. The van der Waals surface area contributed by atoms with Crippen molar-refractivity contribution in [1.82, 2.24) is 0 Å². The zero-order chi connectivity index (χ0) is 17.4. The lowest BCUT2D eigenvalue weighted by Crippen LogP contribution is -2.11. The van der Waals surface area contributed by atoms with Gasteiger partial charge in [-0.25, -0.2) is 0 Å². The third kappa shape index (κ3) is 5.10. The number of nitrogens with two attached hydrogens (primary N) is 1. The summed E-state index contributed by atoms with van der Waals surface area (Å²) in [6, 6.07) is 13.9. The van der Waals surface area contributed by atoms with Crippen LogP contribution in [0.1, 0.15) is 48.4 Å². The Hall–Kier alpha value is -2.33. The molecular formula is C20H25NO3. The lowest BCUT2D eigenvalue weighted by atomic mass is 9.93. The number of aliphatic carboxylic acids is 1. The van der Waals surface area contributed by atoms with Crippen molar-refractivity contribution in [2.24, 2.45) is 5.90 Å². The van der Waals surface area contributed by atoms with Crippen LogP contribution in [-0.2, 0) is 24.1 Å². The van der Waals surface area contributed by atoms with Crippen molar-refractivity contribution in [3.63, 3.8) is 0 Å². The molecule has 0 aliphatic rings. The van der Waals surface area contributed by atoms with Crippen LogP contribution < -0.4 is 10.7 Å². The van der Waals surface area contributed by atoms with Crippen LogP contribution in [0, 0.1) is 0 Å². The Labute approximate surface area is 143 Å². The minimum atomic E-state index is -0.849. The summed E-state index contributed by atoms with van der Waals surface area (Å²) in [5.41, 5.74) is 3.81. The molecule has 0 fully saturated rings. The number of hydrogen-bond donors (Lipinski definition) is 2. The molecule has 0 unspecified atom stereocenters. The van der Waals surface area contributed by atoms with E-state index in [-0.39, 0.29) is 6.42 Å². The van der Waals surface area contributed by atoms with Gasteiger partial charge < -0.3 is 9.94 Å². The minimum Gasteiger partial charge on any atom is -0.481 e. The summed E-state index contributed by atoms with van der Waals surface area (Å²) in [6.07, 6.45) is 4.85. The van der Waals surface area contributed by atoms with Crippen molar-refractivity contribution in [3.8, 4) is 5.75 Å². The molecule has 2 aromatic carbocycles. The maximum Gasteiger partial charge on any atom is 0.307 e. The van der Waals surface area contributed by atoms with E-state index >= 15 is 0 Å². The van der Waals surface area contributed by atoms with Crippen LogP contribution in [0.3, 0.4) is 0 Å². The summed E-state index contributed by atoms with van der Waals surface area (Å²) < 4.78 is 0. The van der Waals surface area contributed by atoms with Crippen molar-refractivity contribution in [3.05, 3.63) is 64.7 Å². The smallest absolute Gasteiger partial charge is 0.307 e. The number of carboxylic acid groups (broad SMARTS) is 1. The molecule has 0 atom stereocenters. The van der Waals surface area contributed by atoms with E-state index in [2.05, 4.69) is 6.92 Å². The third-order valence-electron chi connectivity index (χ3n) is 4.12. The predicted molar refractivity (Wildman–Crippen MR) is 95.1 cm³/mol. The van der Waals surface area contributed by atoms with Gasteiger partial charge >= 0.3 is 5.97 Å². The van der Waals surface area contributed by atoms with E-state index in [9.17, 15) is 9.90 Å². The zero-order valence-corrected chi connectivity index (χ0v) is 14.1. The normalized spacial score (nSPS) is 10.6. The van der Waals surface area contributed by atoms with Gasteiger partial charge in [-0.2, -0.15) is 5.90 Å². The maximum atomic E-state index is 11.3. The molecule has 0 bridgehead atoms. The topological polar surface area (TPSA) is 72.5 Å². The van der Waals surface area contributed by atoms with Crippen LogP contribution in [-0.4, -0.2) is 11.1 Å². The summed E-state index contributed by atoms with van der Waals surface area (Å²) in [6.45, 7) is 2.16. The van der Waals surface area contributed by atoms with Crippen LogP contribution in [0.15, 0.2) is 42.5 Å². The van der Waals surface area contributed by atoms with Gasteiger partial charge in [0.25, 0.3) is 0 Å². The summed E-state index contributed by atoms with van der Waals surface area (Å²) in [5.74, 6) is 5.20. The van der Waals surface area contributed by atoms with Gasteiger partial charge in [0.15, 0.2) is 5.75 Å². The van der Waals surface area contributed by atoms with E-state index in [4.69, 9.17) is 10.7 Å². The Morgan fingerprint density at radius 2 is 1.88 bits per heavy atom. The summed E-state index contributed by atoms with van der Waals surface area (Å²) in [7, 11) is 0. The van der Waals surface area contributed by atoms with E-state index in [1.165, 1.54) is 0 Å². The van der Waals surface area contributed by atoms with Gasteiger partial charge in [0.2, 0.25) is 0 Å². The number of carboxylic acids is 1. The van der Waals surface area contributed by atoms with Gasteiger partial charge in [-0.15, -0.1) is 0 Å². The lowest BCUT2D eigenvalue weighted by Gasteiger charge is -2.15. The standard InChI is InChI=1S/C20H25NO3/c1-2-3-5-10-16-11-17(14-20(22)23)18(19(13-16)24-21)12-15-8-6-4-7-9-15/h4,6-9,11,13H,2-3,5,10,12,14,21H2,1H3,(H,22,23). The van der Waals surface area contributed by atoms with E-state index in [1.54, 1.807) is 0 Å². The van der Waals surface area contributed by atoms with E-state index in [0.29, 0.717) is 12.2 Å². The van der Waals surface area contributed by atoms with Crippen LogP contribution in [0.25, 0.3) is 0 Å². The van der Waals surface area contributed by atoms with Gasteiger partial charge in [-0.3, -0.25) is 4.79 Å². The first-order valence-corrected chi connectivity index (χ1v) is 8.41. The first-order valence-electron chi connectivity index (χ1n) is 8.41. The quantitative estimate of drug-likeness (QED) is 0.541. The molecule has 0 saturated heterocycles. The number of benzene rings is 2. The fourth-order valence-electron chi connectivity index (χ4n) is 2.92.